The van der Waals surface area contributed by atoms with Crippen molar-refractivity contribution in [3.05, 3.63) is 87.2 Å². The number of aryl methyl sites for hydroxylation is 1. The average Bonchev–Trinajstić information content (AvgIpc) is 3.15. The predicted octanol–water partition coefficient (Wildman–Crippen LogP) is 4.39. The van der Waals surface area contributed by atoms with Crippen LogP contribution in [0.2, 0.25) is 0 Å². The fourth-order valence-corrected chi connectivity index (χ4v) is 3.43. The summed E-state index contributed by atoms with van der Waals surface area (Å²) in [4.78, 5) is 31.8. The number of carbonyl (C=O) groups excluding carboxylic acids is 1. The number of rotatable bonds is 5. The summed E-state index contributed by atoms with van der Waals surface area (Å²) in [5.74, 6) is -0.594. The van der Waals surface area contributed by atoms with E-state index in [0.29, 0.717) is 21.7 Å². The fourth-order valence-electron chi connectivity index (χ4n) is 2.72. The van der Waals surface area contributed by atoms with Crippen LogP contribution in [-0.4, -0.2) is 15.9 Å². The zero-order valence-electron chi connectivity index (χ0n) is 15.1. The van der Waals surface area contributed by atoms with E-state index in [0.717, 1.165) is 5.69 Å². The highest BCUT2D eigenvalue weighted by Gasteiger charge is 2.12. The highest BCUT2D eigenvalue weighted by Crippen LogP contribution is 2.21. The number of nitrogens with zero attached hydrogens (tertiary/aromatic N) is 1. The number of aromatic amines is 1. The molecule has 0 radical (unpaired) electrons. The lowest BCUT2D eigenvalue weighted by molar-refractivity contribution is 0.0462. The van der Waals surface area contributed by atoms with Crippen LogP contribution < -0.4 is 10.7 Å². The standard InChI is InChI=1S/C21H17N3O3S/c1-13-6-8-14(9-7-13)22-21-23-15(12-28-21)11-27-20(26)18-10-19(25)16-4-2-3-5-17(16)24-18/h2-10,12H,11H2,1H3,(H,22,23)(H,24,25). The number of para-hydroxylation sites is 1. The van der Waals surface area contributed by atoms with Crippen molar-refractivity contribution >= 4 is 39.0 Å². The second-order valence-corrected chi connectivity index (χ2v) is 7.16. The highest BCUT2D eigenvalue weighted by atomic mass is 32.1. The van der Waals surface area contributed by atoms with Crippen LogP contribution in [0.15, 0.2) is 64.8 Å². The highest BCUT2D eigenvalue weighted by molar-refractivity contribution is 7.13. The Kier molecular flexibility index (Phi) is 4.90. The minimum atomic E-state index is -0.594. The lowest BCUT2D eigenvalue weighted by Crippen LogP contribution is -2.12. The van der Waals surface area contributed by atoms with Crippen molar-refractivity contribution in [2.45, 2.75) is 13.5 Å². The van der Waals surface area contributed by atoms with Crippen LogP contribution in [0.4, 0.5) is 10.8 Å². The molecule has 0 aliphatic heterocycles. The van der Waals surface area contributed by atoms with E-state index in [1.54, 1.807) is 24.3 Å². The Morgan fingerprint density at radius 3 is 2.79 bits per heavy atom. The molecular formula is C21H17N3O3S. The van der Waals surface area contributed by atoms with Crippen molar-refractivity contribution in [2.24, 2.45) is 0 Å². The fraction of sp³-hybridized carbons (Fsp3) is 0.0952. The first kappa shape index (κ1) is 17.9. The predicted molar refractivity (Wildman–Crippen MR) is 110 cm³/mol. The maximum Gasteiger partial charge on any atom is 0.355 e. The van der Waals surface area contributed by atoms with Gasteiger partial charge in [0, 0.05) is 28.0 Å². The van der Waals surface area contributed by atoms with Crippen molar-refractivity contribution in [1.82, 2.24) is 9.97 Å². The van der Waals surface area contributed by atoms with Gasteiger partial charge in [-0.3, -0.25) is 4.79 Å². The minimum absolute atomic E-state index is 0.0275. The number of carbonyl (C=O) groups is 1. The SMILES string of the molecule is Cc1ccc(Nc2nc(COC(=O)c3cc(=O)c4ccccc4[nH]3)cs2)cc1. The van der Waals surface area contributed by atoms with Gasteiger partial charge in [-0.1, -0.05) is 29.8 Å². The number of pyridine rings is 1. The minimum Gasteiger partial charge on any atom is -0.454 e. The molecule has 4 aromatic rings. The van der Waals surface area contributed by atoms with Gasteiger partial charge in [0.25, 0.3) is 0 Å². The Labute approximate surface area is 164 Å². The summed E-state index contributed by atoms with van der Waals surface area (Å²) in [6.07, 6.45) is 0. The van der Waals surface area contributed by atoms with Crippen molar-refractivity contribution in [3.8, 4) is 0 Å². The molecule has 0 fully saturated rings. The van der Waals surface area contributed by atoms with Gasteiger partial charge in [0.05, 0.1) is 5.69 Å². The Morgan fingerprint density at radius 1 is 1.18 bits per heavy atom. The van der Waals surface area contributed by atoms with E-state index in [2.05, 4.69) is 15.3 Å². The lowest BCUT2D eigenvalue weighted by Gasteiger charge is -2.05. The van der Waals surface area contributed by atoms with E-state index in [-0.39, 0.29) is 17.7 Å². The number of anilines is 2. The zero-order chi connectivity index (χ0) is 19.5. The number of H-pyrrole nitrogens is 1. The van der Waals surface area contributed by atoms with E-state index in [9.17, 15) is 9.59 Å². The van der Waals surface area contributed by atoms with Crippen molar-refractivity contribution in [2.75, 3.05) is 5.32 Å². The van der Waals surface area contributed by atoms with Crippen molar-refractivity contribution in [3.63, 3.8) is 0 Å². The van der Waals surface area contributed by atoms with Crippen molar-refractivity contribution < 1.29 is 9.53 Å². The molecular weight excluding hydrogens is 374 g/mol. The third kappa shape index (κ3) is 3.94. The molecule has 0 aliphatic carbocycles. The number of fused-ring (bicyclic) bond motifs is 1. The summed E-state index contributed by atoms with van der Waals surface area (Å²) in [7, 11) is 0. The van der Waals surface area contributed by atoms with E-state index in [1.807, 2.05) is 36.6 Å². The summed E-state index contributed by atoms with van der Waals surface area (Å²) >= 11 is 1.43. The van der Waals surface area contributed by atoms with Gasteiger partial charge in [-0.25, -0.2) is 9.78 Å². The van der Waals surface area contributed by atoms with Gasteiger partial charge in [-0.05, 0) is 31.2 Å². The van der Waals surface area contributed by atoms with Gasteiger partial charge in [0.15, 0.2) is 10.6 Å². The van der Waals surface area contributed by atoms with Crippen LogP contribution in [0.25, 0.3) is 10.9 Å². The van der Waals surface area contributed by atoms with E-state index < -0.39 is 5.97 Å². The Bertz CT molecular complexity index is 1200. The summed E-state index contributed by atoms with van der Waals surface area (Å²) in [6, 6.07) is 16.3. The largest absolute Gasteiger partial charge is 0.454 e. The van der Waals surface area contributed by atoms with Gasteiger partial charge in [0.2, 0.25) is 0 Å². The summed E-state index contributed by atoms with van der Waals surface area (Å²) in [6.45, 7) is 2.06. The third-order valence-corrected chi connectivity index (χ3v) is 4.97. The van der Waals surface area contributed by atoms with Gasteiger partial charge in [-0.15, -0.1) is 11.3 Å². The summed E-state index contributed by atoms with van der Waals surface area (Å²) in [5, 5.41) is 6.29. The molecule has 0 unspecified atom stereocenters. The quantitative estimate of drug-likeness (QED) is 0.493. The Balaban J connectivity index is 1.42. The first-order chi connectivity index (χ1) is 13.6. The summed E-state index contributed by atoms with van der Waals surface area (Å²) in [5.41, 5.74) is 3.26. The number of hydrogen-bond acceptors (Lipinski definition) is 6. The number of esters is 1. The number of hydrogen-bond donors (Lipinski definition) is 2. The molecule has 6 nitrogen and oxygen atoms in total. The van der Waals surface area contributed by atoms with Crippen LogP contribution in [0.5, 0.6) is 0 Å². The molecule has 0 amide bonds. The van der Waals surface area contributed by atoms with E-state index in [1.165, 1.54) is 23.0 Å². The smallest absolute Gasteiger partial charge is 0.355 e. The Morgan fingerprint density at radius 2 is 1.96 bits per heavy atom. The second kappa shape index (κ2) is 7.66. The zero-order valence-corrected chi connectivity index (χ0v) is 15.9. The molecule has 0 bridgehead atoms. The molecule has 0 saturated carbocycles. The number of ether oxygens (including phenoxy) is 1. The molecule has 0 aliphatic rings. The van der Waals surface area contributed by atoms with Crippen LogP contribution in [-0.2, 0) is 11.3 Å². The van der Waals surface area contributed by atoms with Gasteiger partial charge in [-0.2, -0.15) is 0 Å². The molecule has 0 atom stereocenters. The number of nitrogens with one attached hydrogen (secondary N) is 2. The van der Waals surface area contributed by atoms with E-state index in [4.69, 9.17) is 4.74 Å². The topological polar surface area (TPSA) is 84.1 Å². The lowest BCUT2D eigenvalue weighted by atomic mass is 10.2. The Hall–Kier alpha value is -3.45. The number of aromatic nitrogens is 2. The van der Waals surface area contributed by atoms with E-state index >= 15 is 0 Å². The maximum absolute atomic E-state index is 12.3. The van der Waals surface area contributed by atoms with Crippen LogP contribution >= 0.6 is 11.3 Å². The number of thiazole rings is 1. The molecule has 140 valence electrons. The molecule has 2 N–H and O–H groups in total. The first-order valence-corrected chi connectivity index (χ1v) is 9.54. The maximum atomic E-state index is 12.3. The van der Waals surface area contributed by atoms with Crippen LogP contribution in [0, 0.1) is 6.92 Å². The molecule has 2 heterocycles. The molecule has 7 heteroatoms. The average molecular weight is 391 g/mol. The first-order valence-electron chi connectivity index (χ1n) is 8.66. The molecule has 2 aromatic carbocycles. The molecule has 0 saturated heterocycles. The molecule has 28 heavy (non-hydrogen) atoms. The van der Waals surface area contributed by atoms with Crippen molar-refractivity contribution in [1.29, 1.82) is 0 Å². The van der Waals surface area contributed by atoms with Crippen LogP contribution in [0.3, 0.4) is 0 Å². The third-order valence-electron chi connectivity index (χ3n) is 4.16. The normalized spacial score (nSPS) is 10.8. The van der Waals surface area contributed by atoms with Gasteiger partial charge in [0.1, 0.15) is 12.3 Å². The summed E-state index contributed by atoms with van der Waals surface area (Å²) < 4.78 is 5.30. The number of benzene rings is 2. The van der Waals surface area contributed by atoms with Crippen LogP contribution in [0.1, 0.15) is 21.7 Å². The van der Waals surface area contributed by atoms with Gasteiger partial charge < -0.3 is 15.0 Å². The monoisotopic (exact) mass is 391 g/mol. The van der Waals surface area contributed by atoms with Gasteiger partial charge >= 0.3 is 5.97 Å². The molecule has 2 aromatic heterocycles. The second-order valence-electron chi connectivity index (χ2n) is 6.30. The molecule has 0 spiro atoms. The molecule has 4 rings (SSSR count).